The van der Waals surface area contributed by atoms with Gasteiger partial charge < -0.3 is 16.0 Å². The van der Waals surface area contributed by atoms with Gasteiger partial charge >= 0.3 is 0 Å². The van der Waals surface area contributed by atoms with E-state index in [1.807, 2.05) is 20.2 Å². The van der Waals surface area contributed by atoms with E-state index in [-0.39, 0.29) is 11.9 Å². The van der Waals surface area contributed by atoms with Crippen LogP contribution in [0.4, 0.5) is 0 Å². The van der Waals surface area contributed by atoms with E-state index in [1.165, 1.54) is 0 Å². The van der Waals surface area contributed by atoms with E-state index in [1.54, 1.807) is 12.3 Å². The van der Waals surface area contributed by atoms with E-state index < -0.39 is 0 Å². The van der Waals surface area contributed by atoms with Crippen molar-refractivity contribution in [3.05, 3.63) is 29.6 Å². The lowest BCUT2D eigenvalue weighted by molar-refractivity contribution is 0.0919. The van der Waals surface area contributed by atoms with Gasteiger partial charge in [0.25, 0.3) is 5.91 Å². The number of nitrogens with one attached hydrogen (secondary N) is 1. The number of nitrogens with zero attached hydrogens (tertiary/aromatic N) is 2. The summed E-state index contributed by atoms with van der Waals surface area (Å²) in [6.07, 6.45) is 2.60. The summed E-state index contributed by atoms with van der Waals surface area (Å²) >= 11 is 0. The summed E-state index contributed by atoms with van der Waals surface area (Å²) in [5.74, 6) is 0.411. The van der Waals surface area contributed by atoms with Gasteiger partial charge in [0.1, 0.15) is 5.69 Å². The molecule has 0 spiro atoms. The van der Waals surface area contributed by atoms with Crippen molar-refractivity contribution in [2.24, 2.45) is 11.7 Å². The highest BCUT2D eigenvalue weighted by atomic mass is 16.1. The Morgan fingerprint density at radius 2 is 2.10 bits per heavy atom. The van der Waals surface area contributed by atoms with E-state index in [4.69, 9.17) is 5.73 Å². The number of carbonyl (C=O) groups is 1. The number of nitrogens with two attached hydrogens (primary N) is 1. The van der Waals surface area contributed by atoms with Crippen LogP contribution in [0, 0.1) is 5.92 Å². The Morgan fingerprint density at radius 1 is 1.40 bits per heavy atom. The van der Waals surface area contributed by atoms with Crippen molar-refractivity contribution in [1.82, 2.24) is 15.2 Å². The molecule has 1 unspecified atom stereocenters. The van der Waals surface area contributed by atoms with Gasteiger partial charge in [-0.2, -0.15) is 0 Å². The molecule has 1 rings (SSSR count). The summed E-state index contributed by atoms with van der Waals surface area (Å²) in [4.78, 5) is 18.4. The molecule has 0 saturated heterocycles. The van der Waals surface area contributed by atoms with Crippen LogP contribution in [-0.2, 0) is 6.54 Å². The molecule has 5 heteroatoms. The Bertz CT molecular complexity index is 404. The second-order valence-electron chi connectivity index (χ2n) is 5.82. The lowest BCUT2D eigenvalue weighted by Gasteiger charge is -2.23. The van der Waals surface area contributed by atoms with Crippen LogP contribution in [0.5, 0.6) is 0 Å². The minimum Gasteiger partial charge on any atom is -0.347 e. The number of amides is 1. The lowest BCUT2D eigenvalue weighted by Crippen LogP contribution is -2.42. The largest absolute Gasteiger partial charge is 0.347 e. The van der Waals surface area contributed by atoms with E-state index in [9.17, 15) is 4.79 Å². The number of hydrogen-bond acceptors (Lipinski definition) is 4. The molecule has 20 heavy (non-hydrogen) atoms. The minimum absolute atomic E-state index is 0.124. The third-order valence-electron chi connectivity index (χ3n) is 2.97. The molecule has 0 aliphatic rings. The standard InChI is InChI=1S/C15H26N4O/c1-11(2)7-13(10-19(3)4)18-15(20)14-6-5-12(8-16)9-17-14/h5-6,9,11,13H,7-8,10,16H2,1-4H3,(H,18,20). The maximum atomic E-state index is 12.2. The molecule has 112 valence electrons. The Hall–Kier alpha value is -1.46. The average molecular weight is 278 g/mol. The Labute approximate surface area is 121 Å². The van der Waals surface area contributed by atoms with Crippen molar-refractivity contribution < 1.29 is 4.79 Å². The number of aromatic nitrogens is 1. The first-order valence-electron chi connectivity index (χ1n) is 7.03. The fraction of sp³-hybridized carbons (Fsp3) is 0.600. The highest BCUT2D eigenvalue weighted by Crippen LogP contribution is 2.07. The zero-order chi connectivity index (χ0) is 15.1. The minimum atomic E-state index is -0.124. The summed E-state index contributed by atoms with van der Waals surface area (Å²) in [5, 5.41) is 3.06. The second-order valence-corrected chi connectivity index (χ2v) is 5.82. The summed E-state index contributed by atoms with van der Waals surface area (Å²) in [6.45, 7) is 5.57. The summed E-state index contributed by atoms with van der Waals surface area (Å²) < 4.78 is 0. The second kappa shape index (κ2) is 7.97. The molecule has 0 aliphatic carbocycles. The van der Waals surface area contributed by atoms with Crippen molar-refractivity contribution in [2.45, 2.75) is 32.9 Å². The fourth-order valence-electron chi connectivity index (χ4n) is 2.13. The molecule has 1 amide bonds. The van der Waals surface area contributed by atoms with Gasteiger partial charge in [-0.3, -0.25) is 9.78 Å². The molecular formula is C15H26N4O. The first-order valence-corrected chi connectivity index (χ1v) is 7.03. The molecule has 5 nitrogen and oxygen atoms in total. The number of pyridine rings is 1. The molecule has 0 radical (unpaired) electrons. The number of likely N-dealkylation sites (N-methyl/N-ethyl adjacent to an activating group) is 1. The fourth-order valence-corrected chi connectivity index (χ4v) is 2.13. The number of carbonyl (C=O) groups excluding carboxylic acids is 1. The predicted octanol–water partition coefficient (Wildman–Crippen LogP) is 1.25. The SMILES string of the molecule is CC(C)CC(CN(C)C)NC(=O)c1ccc(CN)cn1. The highest BCUT2D eigenvalue weighted by molar-refractivity contribution is 5.92. The van der Waals surface area contributed by atoms with Crippen molar-refractivity contribution in [3.8, 4) is 0 Å². The van der Waals surface area contributed by atoms with E-state index in [2.05, 4.69) is 29.0 Å². The van der Waals surface area contributed by atoms with Crippen LogP contribution in [-0.4, -0.2) is 42.5 Å². The van der Waals surface area contributed by atoms with E-state index in [0.717, 1.165) is 18.5 Å². The average Bonchev–Trinajstić information content (AvgIpc) is 2.37. The van der Waals surface area contributed by atoms with E-state index >= 15 is 0 Å². The highest BCUT2D eigenvalue weighted by Gasteiger charge is 2.16. The third-order valence-corrected chi connectivity index (χ3v) is 2.97. The van der Waals surface area contributed by atoms with Crippen LogP contribution in [0.2, 0.25) is 0 Å². The topological polar surface area (TPSA) is 71.2 Å². The zero-order valence-electron chi connectivity index (χ0n) is 12.9. The maximum absolute atomic E-state index is 12.2. The van der Waals surface area contributed by atoms with Gasteiger partial charge in [-0.15, -0.1) is 0 Å². The number of rotatable bonds is 7. The molecule has 1 aromatic heterocycles. The van der Waals surface area contributed by atoms with Crippen molar-refractivity contribution in [3.63, 3.8) is 0 Å². The van der Waals surface area contributed by atoms with Gasteiger partial charge in [-0.1, -0.05) is 19.9 Å². The van der Waals surface area contributed by atoms with Gasteiger partial charge in [-0.25, -0.2) is 0 Å². The van der Waals surface area contributed by atoms with Crippen LogP contribution in [0.1, 0.15) is 36.3 Å². The molecule has 1 atom stereocenters. The van der Waals surface area contributed by atoms with E-state index in [0.29, 0.717) is 18.2 Å². The van der Waals surface area contributed by atoms with Gasteiger partial charge in [0, 0.05) is 25.3 Å². The maximum Gasteiger partial charge on any atom is 0.270 e. The van der Waals surface area contributed by atoms with Crippen LogP contribution < -0.4 is 11.1 Å². The van der Waals surface area contributed by atoms with Crippen LogP contribution >= 0.6 is 0 Å². The monoisotopic (exact) mass is 278 g/mol. The van der Waals surface area contributed by atoms with Gasteiger partial charge in [0.15, 0.2) is 0 Å². The third kappa shape index (κ3) is 5.67. The van der Waals surface area contributed by atoms with Crippen LogP contribution in [0.3, 0.4) is 0 Å². The molecule has 0 fully saturated rings. The predicted molar refractivity (Wildman–Crippen MR) is 81.4 cm³/mol. The smallest absolute Gasteiger partial charge is 0.270 e. The summed E-state index contributed by atoms with van der Waals surface area (Å²) in [7, 11) is 4.02. The molecule has 0 aliphatic heterocycles. The Kier molecular flexibility index (Phi) is 6.61. The molecule has 1 aromatic rings. The van der Waals surface area contributed by atoms with Gasteiger partial charge in [0.2, 0.25) is 0 Å². The zero-order valence-corrected chi connectivity index (χ0v) is 12.9. The quantitative estimate of drug-likeness (QED) is 0.787. The molecule has 0 bridgehead atoms. The van der Waals surface area contributed by atoms with Crippen LogP contribution in [0.25, 0.3) is 0 Å². The molecule has 0 saturated carbocycles. The van der Waals surface area contributed by atoms with Crippen molar-refractivity contribution >= 4 is 5.91 Å². The van der Waals surface area contributed by atoms with Gasteiger partial charge in [0.05, 0.1) is 0 Å². The molecule has 1 heterocycles. The molecule has 3 N–H and O–H groups in total. The van der Waals surface area contributed by atoms with Crippen molar-refractivity contribution in [1.29, 1.82) is 0 Å². The Morgan fingerprint density at radius 3 is 2.55 bits per heavy atom. The first kappa shape index (κ1) is 16.6. The van der Waals surface area contributed by atoms with Crippen LogP contribution in [0.15, 0.2) is 18.3 Å². The normalized spacial score (nSPS) is 12.8. The summed E-state index contributed by atoms with van der Waals surface area (Å²) in [5.41, 5.74) is 6.88. The first-order chi connectivity index (χ1) is 9.42. The van der Waals surface area contributed by atoms with Gasteiger partial charge in [-0.05, 0) is 38.1 Å². The van der Waals surface area contributed by atoms with Crippen molar-refractivity contribution in [2.75, 3.05) is 20.6 Å². The molecule has 0 aromatic carbocycles. The summed E-state index contributed by atoms with van der Waals surface area (Å²) in [6, 6.07) is 3.69. The Balaban J connectivity index is 2.68. The number of hydrogen-bond donors (Lipinski definition) is 2. The molecular weight excluding hydrogens is 252 g/mol. The lowest BCUT2D eigenvalue weighted by atomic mass is 10.0.